The van der Waals surface area contributed by atoms with Crippen molar-refractivity contribution in [3.8, 4) is 0 Å². The van der Waals surface area contributed by atoms with E-state index in [2.05, 4.69) is 19.2 Å². The van der Waals surface area contributed by atoms with E-state index < -0.39 is 0 Å². The van der Waals surface area contributed by atoms with Crippen molar-refractivity contribution in [1.29, 1.82) is 0 Å². The van der Waals surface area contributed by atoms with Gasteiger partial charge in [-0.05, 0) is 68.1 Å². The van der Waals surface area contributed by atoms with Crippen molar-refractivity contribution in [2.24, 2.45) is 22.7 Å². The first-order chi connectivity index (χ1) is 9.90. The van der Waals surface area contributed by atoms with Crippen LogP contribution in [0.4, 0.5) is 0 Å². The third kappa shape index (κ3) is 2.43. The summed E-state index contributed by atoms with van der Waals surface area (Å²) in [4.78, 5) is 12.8. The number of carbonyl (C=O) groups is 1. The molecule has 0 radical (unpaired) electrons. The molecule has 5 aliphatic rings. The van der Waals surface area contributed by atoms with Gasteiger partial charge in [0.1, 0.15) is 0 Å². The minimum atomic E-state index is 0.150. The molecule has 5 saturated carbocycles. The Bertz CT molecular complexity index is 432. The molecule has 2 heteroatoms. The first kappa shape index (κ1) is 14.1. The third-order valence-corrected chi connectivity index (χ3v) is 6.99. The predicted octanol–water partition coefficient (Wildman–Crippen LogP) is 4.43. The van der Waals surface area contributed by atoms with E-state index in [9.17, 15) is 4.79 Å². The van der Waals surface area contributed by atoms with E-state index in [0.29, 0.717) is 22.7 Å². The van der Waals surface area contributed by atoms with Crippen molar-refractivity contribution in [2.75, 3.05) is 0 Å². The van der Waals surface area contributed by atoms with Crippen molar-refractivity contribution in [1.82, 2.24) is 5.32 Å². The molecule has 0 unspecified atom stereocenters. The zero-order valence-electron chi connectivity index (χ0n) is 13.8. The summed E-state index contributed by atoms with van der Waals surface area (Å²) in [5.41, 5.74) is 1.14. The van der Waals surface area contributed by atoms with E-state index in [1.807, 2.05) is 0 Å². The molecule has 5 aliphatic carbocycles. The minimum absolute atomic E-state index is 0.150. The van der Waals surface area contributed by atoms with Gasteiger partial charge < -0.3 is 5.32 Å². The van der Waals surface area contributed by atoms with Gasteiger partial charge in [-0.2, -0.15) is 0 Å². The zero-order valence-corrected chi connectivity index (χ0v) is 13.8. The molecule has 2 nitrogen and oxygen atoms in total. The molecule has 0 aliphatic heterocycles. The summed E-state index contributed by atoms with van der Waals surface area (Å²) in [6.07, 6.45) is 14.0. The maximum absolute atomic E-state index is 12.8. The Morgan fingerprint density at radius 3 is 2.10 bits per heavy atom. The molecule has 118 valence electrons. The highest BCUT2D eigenvalue weighted by Crippen LogP contribution is 2.66. The average Bonchev–Trinajstić information content (AvgIpc) is 2.34. The minimum Gasteiger partial charge on any atom is -0.350 e. The zero-order chi connectivity index (χ0) is 14.7. The molecule has 1 amide bonds. The highest BCUT2D eigenvalue weighted by atomic mass is 16.2. The lowest BCUT2D eigenvalue weighted by Gasteiger charge is -2.65. The van der Waals surface area contributed by atoms with E-state index in [1.165, 1.54) is 57.8 Å². The molecule has 0 aromatic rings. The number of amides is 1. The fourth-order valence-corrected chi connectivity index (χ4v) is 7.32. The van der Waals surface area contributed by atoms with E-state index in [1.54, 1.807) is 0 Å². The fraction of sp³-hybridized carbons (Fsp3) is 0.947. The molecule has 5 rings (SSSR count). The maximum atomic E-state index is 12.8. The lowest BCUT2D eigenvalue weighted by atomic mass is 9.42. The van der Waals surface area contributed by atoms with Crippen molar-refractivity contribution in [3.63, 3.8) is 0 Å². The van der Waals surface area contributed by atoms with E-state index in [4.69, 9.17) is 0 Å². The van der Waals surface area contributed by atoms with Gasteiger partial charge in [0.25, 0.3) is 0 Å². The normalized spacial score (nSPS) is 49.3. The van der Waals surface area contributed by atoms with E-state index in [0.717, 1.165) is 18.8 Å². The summed E-state index contributed by atoms with van der Waals surface area (Å²) >= 11 is 0. The van der Waals surface area contributed by atoms with Gasteiger partial charge in [-0.3, -0.25) is 4.79 Å². The van der Waals surface area contributed by atoms with Gasteiger partial charge in [-0.1, -0.05) is 33.1 Å². The van der Waals surface area contributed by atoms with Crippen LogP contribution in [0.3, 0.4) is 0 Å². The summed E-state index contributed by atoms with van der Waals surface area (Å²) in [5, 5.41) is 3.61. The first-order valence-electron chi connectivity index (χ1n) is 9.22. The Hall–Kier alpha value is -0.530. The second kappa shape index (κ2) is 4.49. The van der Waals surface area contributed by atoms with Gasteiger partial charge >= 0.3 is 0 Å². The second-order valence-corrected chi connectivity index (χ2v) is 9.73. The number of hydrogen-bond donors (Lipinski definition) is 1. The quantitative estimate of drug-likeness (QED) is 0.800. The van der Waals surface area contributed by atoms with E-state index in [-0.39, 0.29) is 5.54 Å². The van der Waals surface area contributed by atoms with Crippen LogP contribution in [-0.2, 0) is 4.79 Å². The summed E-state index contributed by atoms with van der Waals surface area (Å²) < 4.78 is 0. The van der Waals surface area contributed by atoms with Crippen molar-refractivity contribution in [3.05, 3.63) is 0 Å². The molecule has 0 aromatic heterocycles. The Labute approximate surface area is 129 Å². The van der Waals surface area contributed by atoms with Gasteiger partial charge in [0.05, 0.1) is 0 Å². The number of carbonyl (C=O) groups excluding carboxylic acids is 1. The van der Waals surface area contributed by atoms with Gasteiger partial charge in [-0.15, -0.1) is 0 Å². The van der Waals surface area contributed by atoms with Crippen LogP contribution in [0, 0.1) is 22.7 Å². The Balaban J connectivity index is 1.52. The molecule has 1 N–H and O–H groups in total. The molecule has 0 aromatic carbocycles. The third-order valence-electron chi connectivity index (χ3n) is 6.99. The van der Waals surface area contributed by atoms with Crippen molar-refractivity contribution < 1.29 is 4.79 Å². The van der Waals surface area contributed by atoms with Crippen LogP contribution >= 0.6 is 0 Å². The fourth-order valence-electron chi connectivity index (χ4n) is 7.32. The van der Waals surface area contributed by atoms with Crippen LogP contribution in [-0.4, -0.2) is 11.4 Å². The molecular formula is C19H31NO. The Morgan fingerprint density at radius 2 is 1.52 bits per heavy atom. The monoisotopic (exact) mass is 289 g/mol. The van der Waals surface area contributed by atoms with Crippen LogP contribution in [0.15, 0.2) is 0 Å². The predicted molar refractivity (Wildman–Crippen MR) is 84.9 cm³/mol. The van der Waals surface area contributed by atoms with Gasteiger partial charge in [0.15, 0.2) is 0 Å². The molecule has 0 heterocycles. The highest BCUT2D eigenvalue weighted by molar-refractivity contribution is 5.79. The largest absolute Gasteiger partial charge is 0.350 e. The first-order valence-corrected chi connectivity index (χ1v) is 9.22. The second-order valence-electron chi connectivity index (χ2n) is 9.73. The van der Waals surface area contributed by atoms with Crippen LogP contribution in [0.2, 0.25) is 0 Å². The number of hydrogen-bond acceptors (Lipinski definition) is 1. The Kier molecular flexibility index (Phi) is 3.01. The standard InChI is InChI=1S/C19H31NO/c1-17-8-14-9-18(2,11-17)13-19(10-14,12-17)20-16(21)15-6-4-3-5-7-15/h14-15H,3-13H2,1-2H3,(H,20,21)/t14?,17-,18-,19?/m0/s1. The molecule has 4 bridgehead atoms. The lowest BCUT2D eigenvalue weighted by molar-refractivity contribution is -0.143. The van der Waals surface area contributed by atoms with Gasteiger partial charge in [-0.25, -0.2) is 0 Å². The summed E-state index contributed by atoms with van der Waals surface area (Å²) in [7, 11) is 0. The van der Waals surface area contributed by atoms with Crippen molar-refractivity contribution >= 4 is 5.91 Å². The molecule has 0 spiro atoms. The summed E-state index contributed by atoms with van der Waals surface area (Å²) in [5.74, 6) is 1.57. The molecular weight excluding hydrogens is 258 g/mol. The van der Waals surface area contributed by atoms with E-state index >= 15 is 0 Å². The summed E-state index contributed by atoms with van der Waals surface area (Å²) in [6, 6.07) is 0. The maximum Gasteiger partial charge on any atom is 0.223 e. The lowest BCUT2D eigenvalue weighted by Crippen LogP contribution is -2.65. The van der Waals surface area contributed by atoms with Crippen LogP contribution < -0.4 is 5.32 Å². The van der Waals surface area contributed by atoms with Gasteiger partial charge in [0, 0.05) is 11.5 Å². The topological polar surface area (TPSA) is 29.1 Å². The average molecular weight is 289 g/mol. The Morgan fingerprint density at radius 1 is 0.905 bits per heavy atom. The molecule has 21 heavy (non-hydrogen) atoms. The molecule has 2 atom stereocenters. The number of rotatable bonds is 2. The van der Waals surface area contributed by atoms with Crippen LogP contribution in [0.25, 0.3) is 0 Å². The SMILES string of the molecule is C[C@@]12CC3CC(NC(=O)C4CCCCC4)(C1)C[C@@](C)(C3)C2. The molecule has 0 saturated heterocycles. The van der Waals surface area contributed by atoms with Gasteiger partial charge in [0.2, 0.25) is 5.91 Å². The number of nitrogens with one attached hydrogen (secondary N) is 1. The summed E-state index contributed by atoms with van der Waals surface area (Å²) in [6.45, 7) is 4.97. The molecule has 5 fully saturated rings. The van der Waals surface area contributed by atoms with Crippen molar-refractivity contribution in [2.45, 2.75) is 90.0 Å². The smallest absolute Gasteiger partial charge is 0.223 e. The van der Waals surface area contributed by atoms with Crippen LogP contribution in [0.5, 0.6) is 0 Å². The highest BCUT2D eigenvalue weighted by Gasteiger charge is 2.60. The van der Waals surface area contributed by atoms with Crippen LogP contribution in [0.1, 0.15) is 84.5 Å².